The molecular weight excluding hydrogens is 320 g/mol. The number of nitrogen functional groups attached to an aromatic ring is 1. The van der Waals surface area contributed by atoms with E-state index in [1.54, 1.807) is 17.0 Å². The van der Waals surface area contributed by atoms with E-state index in [1.165, 1.54) is 0 Å². The molecule has 0 spiro atoms. The number of rotatable bonds is 5. The summed E-state index contributed by atoms with van der Waals surface area (Å²) in [6, 6.07) is 5.43. The van der Waals surface area contributed by atoms with E-state index in [9.17, 15) is 9.59 Å². The zero-order valence-electron chi connectivity index (χ0n) is 14.7. The average molecular weight is 346 g/mol. The minimum absolute atomic E-state index is 0.0534. The minimum Gasteiger partial charge on any atom is -0.399 e. The molecule has 2 aliphatic rings. The molecule has 1 aromatic carbocycles. The number of nitrogens with zero attached hydrogens (tertiary/aromatic N) is 2. The second-order valence-corrected chi connectivity index (χ2v) is 6.76. The van der Waals surface area contributed by atoms with Crippen LogP contribution in [0.2, 0.25) is 0 Å². The zero-order chi connectivity index (χ0) is 17.8. The molecule has 1 atom stereocenters. The summed E-state index contributed by atoms with van der Waals surface area (Å²) in [4.78, 5) is 28.8. The Morgan fingerprint density at radius 3 is 2.84 bits per heavy atom. The molecular formula is C18H26N4O3. The summed E-state index contributed by atoms with van der Waals surface area (Å²) in [5, 5.41) is 2.91. The fourth-order valence-corrected chi connectivity index (χ4v) is 3.26. The molecule has 1 unspecified atom stereocenters. The maximum atomic E-state index is 12.5. The second kappa shape index (κ2) is 7.84. The lowest BCUT2D eigenvalue weighted by Crippen LogP contribution is -2.42. The highest BCUT2D eigenvalue weighted by Gasteiger charge is 2.34. The van der Waals surface area contributed by atoms with Crippen molar-refractivity contribution in [3.63, 3.8) is 0 Å². The van der Waals surface area contributed by atoms with Crippen LogP contribution in [0.4, 0.5) is 11.4 Å². The molecule has 0 aliphatic carbocycles. The Morgan fingerprint density at radius 2 is 2.08 bits per heavy atom. The standard InChI is InChI=1S/C18H26N4O3/c1-13-2-3-15(19)11-16(13)20-18(24)14-10-17(23)22(12-14)5-4-21-6-8-25-9-7-21/h2-3,11,14H,4-10,12,19H2,1H3,(H,20,24). The highest BCUT2D eigenvalue weighted by Crippen LogP contribution is 2.23. The Bertz CT molecular complexity index is 643. The van der Waals surface area contributed by atoms with Gasteiger partial charge >= 0.3 is 0 Å². The molecule has 0 radical (unpaired) electrons. The van der Waals surface area contributed by atoms with Gasteiger partial charge in [0, 0.05) is 50.5 Å². The first-order valence-electron chi connectivity index (χ1n) is 8.78. The van der Waals surface area contributed by atoms with Crippen molar-refractivity contribution in [2.45, 2.75) is 13.3 Å². The Kier molecular flexibility index (Phi) is 5.55. The number of ether oxygens (including phenoxy) is 1. The summed E-state index contributed by atoms with van der Waals surface area (Å²) in [7, 11) is 0. The van der Waals surface area contributed by atoms with Gasteiger partial charge < -0.3 is 20.7 Å². The first-order valence-corrected chi connectivity index (χ1v) is 8.78. The Morgan fingerprint density at radius 1 is 1.32 bits per heavy atom. The van der Waals surface area contributed by atoms with Crippen LogP contribution < -0.4 is 11.1 Å². The molecule has 0 aromatic heterocycles. The quantitative estimate of drug-likeness (QED) is 0.766. The van der Waals surface area contributed by atoms with Crippen molar-refractivity contribution in [2.75, 3.05) is 57.0 Å². The van der Waals surface area contributed by atoms with Gasteiger partial charge in [0.05, 0.1) is 19.1 Å². The molecule has 0 saturated carbocycles. The fourth-order valence-electron chi connectivity index (χ4n) is 3.26. The molecule has 1 aromatic rings. The summed E-state index contributed by atoms with van der Waals surface area (Å²) < 4.78 is 5.33. The number of nitrogens with one attached hydrogen (secondary N) is 1. The van der Waals surface area contributed by atoms with Crippen molar-refractivity contribution in [1.82, 2.24) is 9.80 Å². The van der Waals surface area contributed by atoms with E-state index >= 15 is 0 Å². The maximum Gasteiger partial charge on any atom is 0.229 e. The van der Waals surface area contributed by atoms with Crippen molar-refractivity contribution in [1.29, 1.82) is 0 Å². The van der Waals surface area contributed by atoms with E-state index in [0.717, 1.165) is 38.4 Å². The molecule has 3 N–H and O–H groups in total. The van der Waals surface area contributed by atoms with Gasteiger partial charge in [0.2, 0.25) is 11.8 Å². The first-order chi connectivity index (χ1) is 12.0. The predicted molar refractivity (Wildman–Crippen MR) is 96.2 cm³/mol. The third kappa shape index (κ3) is 4.49. The minimum atomic E-state index is -0.307. The zero-order valence-corrected chi connectivity index (χ0v) is 14.7. The van der Waals surface area contributed by atoms with Gasteiger partial charge in [-0.05, 0) is 24.6 Å². The van der Waals surface area contributed by atoms with E-state index in [-0.39, 0.29) is 24.2 Å². The monoisotopic (exact) mass is 346 g/mol. The average Bonchev–Trinajstić information content (AvgIpc) is 2.98. The van der Waals surface area contributed by atoms with Crippen molar-refractivity contribution in [3.8, 4) is 0 Å². The van der Waals surface area contributed by atoms with Gasteiger partial charge in [-0.1, -0.05) is 6.07 Å². The van der Waals surface area contributed by atoms with Crippen LogP contribution in [0.15, 0.2) is 18.2 Å². The molecule has 2 fully saturated rings. The van der Waals surface area contributed by atoms with Crippen molar-refractivity contribution in [3.05, 3.63) is 23.8 Å². The fraction of sp³-hybridized carbons (Fsp3) is 0.556. The summed E-state index contributed by atoms with van der Waals surface area (Å²) >= 11 is 0. The predicted octanol–water partition coefficient (Wildman–Crippen LogP) is 0.696. The molecule has 2 amide bonds. The Hall–Kier alpha value is -2.12. The Balaban J connectivity index is 1.52. The van der Waals surface area contributed by atoms with E-state index in [2.05, 4.69) is 10.2 Å². The molecule has 2 aliphatic heterocycles. The molecule has 3 rings (SSSR count). The van der Waals surface area contributed by atoms with Gasteiger partial charge in [-0.3, -0.25) is 14.5 Å². The van der Waals surface area contributed by atoms with Crippen LogP contribution >= 0.6 is 0 Å². The number of hydrogen-bond donors (Lipinski definition) is 2. The molecule has 7 nitrogen and oxygen atoms in total. The summed E-state index contributed by atoms with van der Waals surface area (Å²) in [5.74, 6) is -0.369. The summed E-state index contributed by atoms with van der Waals surface area (Å²) in [6.45, 7) is 7.20. The number of likely N-dealkylation sites (tertiary alicyclic amines) is 1. The lowest BCUT2D eigenvalue weighted by atomic mass is 10.1. The van der Waals surface area contributed by atoms with Gasteiger partial charge in [0.1, 0.15) is 0 Å². The summed E-state index contributed by atoms with van der Waals surface area (Å²) in [5.41, 5.74) is 8.06. The number of hydrogen-bond acceptors (Lipinski definition) is 5. The highest BCUT2D eigenvalue weighted by molar-refractivity contribution is 5.97. The van der Waals surface area contributed by atoms with Gasteiger partial charge in [-0.25, -0.2) is 0 Å². The van der Waals surface area contributed by atoms with E-state index in [1.807, 2.05) is 13.0 Å². The largest absolute Gasteiger partial charge is 0.399 e. The van der Waals surface area contributed by atoms with Crippen molar-refractivity contribution >= 4 is 23.2 Å². The van der Waals surface area contributed by atoms with E-state index < -0.39 is 0 Å². The van der Waals surface area contributed by atoms with Gasteiger partial charge in [0.25, 0.3) is 0 Å². The number of carbonyl (C=O) groups excluding carboxylic acids is 2. The molecule has 2 saturated heterocycles. The van der Waals surface area contributed by atoms with E-state index in [4.69, 9.17) is 10.5 Å². The van der Waals surface area contributed by atoms with Gasteiger partial charge in [0.15, 0.2) is 0 Å². The van der Waals surface area contributed by atoms with Crippen LogP contribution in [0.25, 0.3) is 0 Å². The lowest BCUT2D eigenvalue weighted by Gasteiger charge is -2.28. The highest BCUT2D eigenvalue weighted by atomic mass is 16.5. The van der Waals surface area contributed by atoms with Crippen LogP contribution in [-0.2, 0) is 14.3 Å². The smallest absolute Gasteiger partial charge is 0.229 e. The topological polar surface area (TPSA) is 87.9 Å². The molecule has 2 heterocycles. The number of benzene rings is 1. The molecule has 0 bridgehead atoms. The number of amides is 2. The van der Waals surface area contributed by atoms with Crippen molar-refractivity contribution < 1.29 is 14.3 Å². The van der Waals surface area contributed by atoms with Crippen LogP contribution in [0.3, 0.4) is 0 Å². The maximum absolute atomic E-state index is 12.5. The number of anilines is 2. The number of nitrogens with two attached hydrogens (primary N) is 1. The normalized spacial score (nSPS) is 21.6. The third-order valence-corrected chi connectivity index (χ3v) is 4.89. The third-order valence-electron chi connectivity index (χ3n) is 4.89. The SMILES string of the molecule is Cc1ccc(N)cc1NC(=O)C1CC(=O)N(CCN2CCOCC2)C1. The van der Waals surface area contributed by atoms with Crippen LogP contribution in [0.1, 0.15) is 12.0 Å². The first kappa shape index (κ1) is 17.7. The van der Waals surface area contributed by atoms with Crippen molar-refractivity contribution in [2.24, 2.45) is 5.92 Å². The van der Waals surface area contributed by atoms with E-state index in [0.29, 0.717) is 24.5 Å². The summed E-state index contributed by atoms with van der Waals surface area (Å²) in [6.07, 6.45) is 0.274. The number of carbonyl (C=O) groups is 2. The second-order valence-electron chi connectivity index (χ2n) is 6.76. The number of aryl methyl sites for hydroxylation is 1. The Labute approximate surface area is 148 Å². The number of morpholine rings is 1. The van der Waals surface area contributed by atoms with Gasteiger partial charge in [-0.2, -0.15) is 0 Å². The van der Waals surface area contributed by atoms with Crippen LogP contribution in [0.5, 0.6) is 0 Å². The lowest BCUT2D eigenvalue weighted by molar-refractivity contribution is -0.128. The molecule has 25 heavy (non-hydrogen) atoms. The molecule has 7 heteroatoms. The van der Waals surface area contributed by atoms with Crippen LogP contribution in [0, 0.1) is 12.8 Å². The molecule has 136 valence electrons. The van der Waals surface area contributed by atoms with Crippen LogP contribution in [-0.4, -0.2) is 67.6 Å². The van der Waals surface area contributed by atoms with Gasteiger partial charge in [-0.15, -0.1) is 0 Å².